The zero-order valence-corrected chi connectivity index (χ0v) is 12.1. The summed E-state index contributed by atoms with van der Waals surface area (Å²) < 4.78 is 28.1. The minimum Gasteiger partial charge on any atom is -0.353 e. The molecule has 0 bridgehead atoms. The van der Waals surface area contributed by atoms with E-state index in [0.717, 1.165) is 6.42 Å². The van der Waals surface area contributed by atoms with E-state index < -0.39 is 10.0 Å². The van der Waals surface area contributed by atoms with Crippen LogP contribution in [0.15, 0.2) is 17.6 Å². The molecular formula is C12H18N4O3S. The second-order valence-corrected chi connectivity index (χ2v) is 7.39. The van der Waals surface area contributed by atoms with Crippen molar-refractivity contribution in [3.05, 3.63) is 12.5 Å². The van der Waals surface area contributed by atoms with E-state index in [0.29, 0.717) is 25.9 Å². The van der Waals surface area contributed by atoms with Crippen LogP contribution in [-0.4, -0.2) is 47.3 Å². The van der Waals surface area contributed by atoms with Gasteiger partial charge in [-0.05, 0) is 18.8 Å². The molecule has 0 saturated carbocycles. The third kappa shape index (κ3) is 2.33. The normalized spacial score (nSPS) is 27.9. The average Bonchev–Trinajstić information content (AvgIpc) is 2.85. The molecule has 20 heavy (non-hydrogen) atoms. The Hall–Kier alpha value is -1.41. The van der Waals surface area contributed by atoms with Crippen LogP contribution in [0.25, 0.3) is 0 Å². The molecule has 0 radical (unpaired) electrons. The molecule has 110 valence electrons. The van der Waals surface area contributed by atoms with Crippen molar-refractivity contribution in [2.45, 2.75) is 30.3 Å². The third-order valence-electron chi connectivity index (χ3n) is 4.07. The van der Waals surface area contributed by atoms with Crippen LogP contribution in [0, 0.1) is 5.92 Å². The van der Waals surface area contributed by atoms with Gasteiger partial charge in [0, 0.05) is 38.8 Å². The predicted molar refractivity (Wildman–Crippen MR) is 71.2 cm³/mol. The molecule has 2 aliphatic heterocycles. The molecule has 3 heterocycles. The summed E-state index contributed by atoms with van der Waals surface area (Å²) in [5.41, 5.74) is 0. The first-order valence-corrected chi connectivity index (χ1v) is 8.18. The summed E-state index contributed by atoms with van der Waals surface area (Å²) in [6.45, 7) is 0.893. The van der Waals surface area contributed by atoms with Crippen molar-refractivity contribution >= 4 is 15.9 Å². The average molecular weight is 298 g/mol. The van der Waals surface area contributed by atoms with Crippen LogP contribution in [0.5, 0.6) is 0 Å². The molecule has 3 rings (SSSR count). The third-order valence-corrected chi connectivity index (χ3v) is 5.82. The Morgan fingerprint density at radius 1 is 1.40 bits per heavy atom. The van der Waals surface area contributed by atoms with Crippen molar-refractivity contribution in [3.8, 4) is 0 Å². The van der Waals surface area contributed by atoms with Gasteiger partial charge in [-0.3, -0.25) is 4.79 Å². The first kappa shape index (κ1) is 13.6. The summed E-state index contributed by atoms with van der Waals surface area (Å²) in [7, 11) is -1.77. The van der Waals surface area contributed by atoms with Gasteiger partial charge in [-0.2, -0.15) is 4.31 Å². The Kier molecular flexibility index (Phi) is 3.29. The smallest absolute Gasteiger partial charge is 0.262 e. The van der Waals surface area contributed by atoms with Crippen LogP contribution < -0.4 is 5.32 Å². The highest BCUT2D eigenvalue weighted by atomic mass is 32.2. The van der Waals surface area contributed by atoms with E-state index in [4.69, 9.17) is 0 Å². The number of aryl methyl sites for hydroxylation is 1. The van der Waals surface area contributed by atoms with Crippen molar-refractivity contribution in [1.29, 1.82) is 0 Å². The number of fused-ring (bicyclic) bond motifs is 1. The summed E-state index contributed by atoms with van der Waals surface area (Å²) in [4.78, 5) is 15.3. The van der Waals surface area contributed by atoms with Gasteiger partial charge in [0.25, 0.3) is 10.0 Å². The number of carbonyl (C=O) groups is 1. The fraction of sp³-hybridized carbons (Fsp3) is 0.667. The SMILES string of the molecule is Cn1cnc(S(=O)(=O)N2CCC3NC(=O)CCC3C2)c1. The topological polar surface area (TPSA) is 84.3 Å². The molecule has 1 N–H and O–H groups in total. The summed E-state index contributed by atoms with van der Waals surface area (Å²) in [5.74, 6) is 0.284. The predicted octanol–water partition coefficient (Wildman–Crippen LogP) is -0.291. The fourth-order valence-electron chi connectivity index (χ4n) is 2.95. The number of hydrogen-bond donors (Lipinski definition) is 1. The van der Waals surface area contributed by atoms with Crippen molar-refractivity contribution in [3.63, 3.8) is 0 Å². The van der Waals surface area contributed by atoms with Gasteiger partial charge in [0.2, 0.25) is 5.91 Å². The van der Waals surface area contributed by atoms with Crippen molar-refractivity contribution in [1.82, 2.24) is 19.2 Å². The molecule has 0 aromatic carbocycles. The molecule has 1 aromatic heterocycles. The van der Waals surface area contributed by atoms with E-state index >= 15 is 0 Å². The first-order chi connectivity index (χ1) is 9.46. The Labute approximate surface area is 118 Å². The summed E-state index contributed by atoms with van der Waals surface area (Å²) in [6.07, 6.45) is 4.91. The fourth-order valence-corrected chi connectivity index (χ4v) is 4.43. The lowest BCUT2D eigenvalue weighted by Crippen LogP contribution is -2.55. The van der Waals surface area contributed by atoms with Crippen LogP contribution >= 0.6 is 0 Å². The van der Waals surface area contributed by atoms with Crippen LogP contribution in [0.4, 0.5) is 0 Å². The standard InChI is InChI=1S/C12H18N4O3S/c1-15-7-12(13-8-15)20(18,19)16-5-4-10-9(6-16)2-3-11(17)14-10/h7-10H,2-6H2,1H3,(H,14,17). The molecule has 0 spiro atoms. The number of rotatable bonds is 2. The Bertz CT molecular complexity index is 624. The molecule has 2 saturated heterocycles. The molecule has 7 nitrogen and oxygen atoms in total. The minimum absolute atomic E-state index is 0.0762. The van der Waals surface area contributed by atoms with Crippen LogP contribution in [0.3, 0.4) is 0 Å². The summed E-state index contributed by atoms with van der Waals surface area (Å²) >= 11 is 0. The maximum absolute atomic E-state index is 12.5. The highest BCUT2D eigenvalue weighted by Gasteiger charge is 2.38. The van der Waals surface area contributed by atoms with Crippen LogP contribution in [-0.2, 0) is 21.9 Å². The summed E-state index contributed by atoms with van der Waals surface area (Å²) in [5, 5.41) is 3.05. The van der Waals surface area contributed by atoms with Gasteiger partial charge in [-0.1, -0.05) is 0 Å². The van der Waals surface area contributed by atoms with Crippen molar-refractivity contribution in [2.75, 3.05) is 13.1 Å². The minimum atomic E-state index is -3.52. The molecule has 2 atom stereocenters. The maximum atomic E-state index is 12.5. The number of nitrogens with one attached hydrogen (secondary N) is 1. The van der Waals surface area contributed by atoms with E-state index in [9.17, 15) is 13.2 Å². The second kappa shape index (κ2) is 4.85. The highest BCUT2D eigenvalue weighted by molar-refractivity contribution is 7.89. The van der Waals surface area contributed by atoms with E-state index in [1.54, 1.807) is 11.6 Å². The monoisotopic (exact) mass is 298 g/mol. The number of carbonyl (C=O) groups excluding carboxylic acids is 1. The number of amides is 1. The zero-order valence-electron chi connectivity index (χ0n) is 11.3. The molecule has 2 unspecified atom stereocenters. The van der Waals surface area contributed by atoms with E-state index in [1.165, 1.54) is 16.8 Å². The van der Waals surface area contributed by atoms with Gasteiger partial charge in [0.05, 0.1) is 6.33 Å². The Balaban J connectivity index is 1.77. The number of sulfonamides is 1. The van der Waals surface area contributed by atoms with Crippen molar-refractivity contribution in [2.24, 2.45) is 13.0 Å². The van der Waals surface area contributed by atoms with Gasteiger partial charge in [0.1, 0.15) is 0 Å². The Morgan fingerprint density at radius 3 is 2.90 bits per heavy atom. The quantitative estimate of drug-likeness (QED) is 0.813. The Morgan fingerprint density at radius 2 is 2.20 bits per heavy atom. The second-order valence-electron chi connectivity index (χ2n) is 5.50. The van der Waals surface area contributed by atoms with E-state index in [1.807, 2.05) is 0 Å². The van der Waals surface area contributed by atoms with Crippen LogP contribution in [0.1, 0.15) is 19.3 Å². The lowest BCUT2D eigenvalue weighted by Gasteiger charge is -2.40. The van der Waals surface area contributed by atoms with E-state index in [-0.39, 0.29) is 22.9 Å². The van der Waals surface area contributed by atoms with Crippen LogP contribution in [0.2, 0.25) is 0 Å². The zero-order chi connectivity index (χ0) is 14.3. The number of piperidine rings is 2. The molecule has 0 aliphatic carbocycles. The molecule has 1 aromatic rings. The number of hydrogen-bond acceptors (Lipinski definition) is 4. The molecule has 2 aliphatic rings. The van der Waals surface area contributed by atoms with Gasteiger partial charge >= 0.3 is 0 Å². The van der Waals surface area contributed by atoms with Gasteiger partial charge in [0.15, 0.2) is 5.03 Å². The van der Waals surface area contributed by atoms with Crippen molar-refractivity contribution < 1.29 is 13.2 Å². The molecular weight excluding hydrogens is 280 g/mol. The lowest BCUT2D eigenvalue weighted by molar-refractivity contribution is -0.124. The van der Waals surface area contributed by atoms with Gasteiger partial charge in [-0.25, -0.2) is 13.4 Å². The number of imidazole rings is 1. The summed E-state index contributed by atoms with van der Waals surface area (Å²) in [6, 6.07) is 0.117. The lowest BCUT2D eigenvalue weighted by atomic mass is 9.86. The largest absolute Gasteiger partial charge is 0.353 e. The number of aromatic nitrogens is 2. The molecule has 1 amide bonds. The van der Waals surface area contributed by atoms with E-state index in [2.05, 4.69) is 10.3 Å². The first-order valence-electron chi connectivity index (χ1n) is 6.74. The van der Waals surface area contributed by atoms with Gasteiger partial charge in [-0.15, -0.1) is 0 Å². The van der Waals surface area contributed by atoms with Gasteiger partial charge < -0.3 is 9.88 Å². The highest BCUT2D eigenvalue weighted by Crippen LogP contribution is 2.28. The molecule has 8 heteroatoms. The maximum Gasteiger partial charge on any atom is 0.262 e. The number of nitrogens with zero attached hydrogens (tertiary/aromatic N) is 3. The molecule has 2 fully saturated rings.